The Bertz CT molecular complexity index is 233. The van der Waals surface area contributed by atoms with Crippen molar-refractivity contribution in [3.05, 3.63) is 6.08 Å². The number of nitrogens with zero attached hydrogens (tertiary/aromatic N) is 3. The third-order valence-electron chi connectivity index (χ3n) is 0.932. The molecule has 60 valence electrons. The largest absolute Gasteiger partial charge is 0.467 e. The summed E-state index contributed by atoms with van der Waals surface area (Å²) in [5.74, 6) is 0. The number of methoxy groups -OCH3 is 2. The molecule has 0 fully saturated rings. The van der Waals surface area contributed by atoms with E-state index in [0.29, 0.717) is 0 Å². The number of aromatic nitrogens is 3. The third kappa shape index (κ3) is 1.73. The molecule has 0 amide bonds. The van der Waals surface area contributed by atoms with Crippen LogP contribution in [0, 0.1) is 6.08 Å². The highest BCUT2D eigenvalue weighted by atomic mass is 19.1. The standard InChI is InChI=1S/C5H6FN3O2/c1-10-4-7-3(6)8-5(9-4)11-2/h1-2H3. The molecule has 0 aliphatic carbocycles. The van der Waals surface area contributed by atoms with Gasteiger partial charge in [0.05, 0.1) is 14.2 Å². The molecule has 0 unspecified atom stereocenters. The minimum Gasteiger partial charge on any atom is -0.467 e. The first-order valence-corrected chi connectivity index (χ1v) is 2.76. The highest BCUT2D eigenvalue weighted by Gasteiger charge is 2.04. The van der Waals surface area contributed by atoms with Crippen LogP contribution in [-0.4, -0.2) is 29.2 Å². The zero-order valence-electron chi connectivity index (χ0n) is 6.04. The molecule has 0 aliphatic heterocycles. The molecule has 1 aromatic heterocycles. The average Bonchev–Trinajstić information content (AvgIpc) is 2.03. The lowest BCUT2D eigenvalue weighted by Crippen LogP contribution is -2.00. The van der Waals surface area contributed by atoms with Crippen molar-refractivity contribution >= 4 is 0 Å². The van der Waals surface area contributed by atoms with E-state index in [1.54, 1.807) is 0 Å². The fraction of sp³-hybridized carbons (Fsp3) is 0.400. The van der Waals surface area contributed by atoms with Crippen LogP contribution >= 0.6 is 0 Å². The molecule has 0 aliphatic rings. The van der Waals surface area contributed by atoms with Crippen molar-refractivity contribution in [2.45, 2.75) is 0 Å². The minimum atomic E-state index is -0.923. The van der Waals surface area contributed by atoms with Gasteiger partial charge in [-0.2, -0.15) is 4.39 Å². The van der Waals surface area contributed by atoms with Crippen LogP contribution < -0.4 is 9.47 Å². The summed E-state index contributed by atoms with van der Waals surface area (Å²) in [6, 6.07) is -0.205. The van der Waals surface area contributed by atoms with E-state index in [1.807, 2.05) is 0 Å². The monoisotopic (exact) mass is 159 g/mol. The van der Waals surface area contributed by atoms with Gasteiger partial charge in [0.1, 0.15) is 0 Å². The van der Waals surface area contributed by atoms with Gasteiger partial charge in [0.15, 0.2) is 0 Å². The molecule has 1 rings (SSSR count). The molecule has 0 atom stereocenters. The Morgan fingerprint density at radius 3 is 1.82 bits per heavy atom. The Morgan fingerprint density at radius 1 is 1.00 bits per heavy atom. The summed E-state index contributed by atoms with van der Waals surface area (Å²) in [5, 5.41) is 0. The lowest BCUT2D eigenvalue weighted by molar-refractivity contribution is 0.320. The Balaban J connectivity index is 3.02. The first kappa shape index (κ1) is 7.64. The number of rotatable bonds is 2. The van der Waals surface area contributed by atoms with Crippen LogP contribution in [0.4, 0.5) is 4.39 Å². The van der Waals surface area contributed by atoms with Gasteiger partial charge < -0.3 is 9.47 Å². The molecular formula is C5H6FN3O2. The van der Waals surface area contributed by atoms with E-state index < -0.39 is 6.08 Å². The van der Waals surface area contributed by atoms with Crippen molar-refractivity contribution in [1.82, 2.24) is 15.0 Å². The maximum absolute atomic E-state index is 12.4. The number of hydrogen-bond donors (Lipinski definition) is 0. The molecule has 6 heteroatoms. The molecule has 0 saturated carbocycles. The quantitative estimate of drug-likeness (QED) is 0.609. The van der Waals surface area contributed by atoms with Gasteiger partial charge in [-0.15, -0.1) is 15.0 Å². The fourth-order valence-corrected chi connectivity index (χ4v) is 0.497. The molecule has 0 saturated heterocycles. The third-order valence-corrected chi connectivity index (χ3v) is 0.932. The van der Waals surface area contributed by atoms with E-state index in [0.717, 1.165) is 0 Å². The second kappa shape index (κ2) is 3.09. The summed E-state index contributed by atoms with van der Waals surface area (Å²) < 4.78 is 21.5. The van der Waals surface area contributed by atoms with Gasteiger partial charge in [-0.05, 0) is 0 Å². The van der Waals surface area contributed by atoms with Crippen molar-refractivity contribution in [1.29, 1.82) is 0 Å². The number of ether oxygens (including phenoxy) is 2. The zero-order valence-corrected chi connectivity index (χ0v) is 6.04. The molecular weight excluding hydrogens is 153 g/mol. The molecule has 1 heterocycles. The molecule has 0 radical (unpaired) electrons. The first-order valence-electron chi connectivity index (χ1n) is 2.76. The van der Waals surface area contributed by atoms with Crippen molar-refractivity contribution < 1.29 is 13.9 Å². The molecule has 11 heavy (non-hydrogen) atoms. The van der Waals surface area contributed by atoms with Crippen molar-refractivity contribution in [3.63, 3.8) is 0 Å². The molecule has 5 nitrogen and oxygen atoms in total. The maximum Gasteiger partial charge on any atom is 0.324 e. The second-order valence-corrected chi connectivity index (χ2v) is 1.58. The SMILES string of the molecule is COc1nc(F)nc(OC)n1. The van der Waals surface area contributed by atoms with Gasteiger partial charge >= 0.3 is 18.1 Å². The highest BCUT2D eigenvalue weighted by Crippen LogP contribution is 2.06. The summed E-state index contributed by atoms with van der Waals surface area (Å²) in [6.45, 7) is 0. The van der Waals surface area contributed by atoms with Crippen LogP contribution in [0.5, 0.6) is 12.0 Å². The van der Waals surface area contributed by atoms with Crippen LogP contribution in [-0.2, 0) is 0 Å². The highest BCUT2D eigenvalue weighted by molar-refractivity contribution is 4.99. The van der Waals surface area contributed by atoms with Gasteiger partial charge in [-0.1, -0.05) is 0 Å². The molecule has 0 bridgehead atoms. The van der Waals surface area contributed by atoms with Crippen molar-refractivity contribution in [2.24, 2.45) is 0 Å². The lowest BCUT2D eigenvalue weighted by atomic mass is 10.9. The summed E-state index contributed by atoms with van der Waals surface area (Å²) in [7, 11) is 2.66. The summed E-state index contributed by atoms with van der Waals surface area (Å²) in [6.07, 6.45) is -0.923. The van der Waals surface area contributed by atoms with E-state index >= 15 is 0 Å². The van der Waals surface area contributed by atoms with Gasteiger partial charge in [0.25, 0.3) is 0 Å². The van der Waals surface area contributed by atoms with Gasteiger partial charge in [0, 0.05) is 0 Å². The normalized spacial score (nSPS) is 9.36. The molecule has 0 spiro atoms. The number of hydrogen-bond acceptors (Lipinski definition) is 5. The fourth-order valence-electron chi connectivity index (χ4n) is 0.497. The summed E-state index contributed by atoms with van der Waals surface area (Å²) in [5.41, 5.74) is 0. The summed E-state index contributed by atoms with van der Waals surface area (Å²) >= 11 is 0. The Hall–Kier alpha value is -1.46. The zero-order chi connectivity index (χ0) is 8.27. The Morgan fingerprint density at radius 2 is 1.45 bits per heavy atom. The van der Waals surface area contributed by atoms with E-state index in [1.165, 1.54) is 14.2 Å². The summed E-state index contributed by atoms with van der Waals surface area (Å²) in [4.78, 5) is 9.98. The van der Waals surface area contributed by atoms with Crippen molar-refractivity contribution in [3.8, 4) is 12.0 Å². The van der Waals surface area contributed by atoms with Gasteiger partial charge in [-0.25, -0.2) is 0 Å². The van der Waals surface area contributed by atoms with E-state index in [9.17, 15) is 4.39 Å². The number of halogens is 1. The van der Waals surface area contributed by atoms with Gasteiger partial charge in [-0.3, -0.25) is 0 Å². The van der Waals surface area contributed by atoms with Crippen LogP contribution in [0.3, 0.4) is 0 Å². The van der Waals surface area contributed by atoms with Crippen LogP contribution in [0.25, 0.3) is 0 Å². The Kier molecular flexibility index (Phi) is 2.15. The molecule has 0 N–H and O–H groups in total. The predicted molar refractivity (Wildman–Crippen MR) is 32.9 cm³/mol. The van der Waals surface area contributed by atoms with E-state index in [4.69, 9.17) is 0 Å². The van der Waals surface area contributed by atoms with E-state index in [2.05, 4.69) is 24.4 Å². The van der Waals surface area contributed by atoms with Crippen LogP contribution in [0.1, 0.15) is 0 Å². The van der Waals surface area contributed by atoms with E-state index in [-0.39, 0.29) is 12.0 Å². The van der Waals surface area contributed by atoms with Crippen LogP contribution in [0.2, 0.25) is 0 Å². The lowest BCUT2D eigenvalue weighted by Gasteiger charge is -1.98. The van der Waals surface area contributed by atoms with Crippen molar-refractivity contribution in [2.75, 3.05) is 14.2 Å². The van der Waals surface area contributed by atoms with Crippen LogP contribution in [0.15, 0.2) is 0 Å². The molecule has 0 aromatic carbocycles. The van der Waals surface area contributed by atoms with Gasteiger partial charge in [0.2, 0.25) is 0 Å². The first-order chi connectivity index (χ1) is 5.26. The minimum absolute atomic E-state index is 0.102. The molecule has 1 aromatic rings. The topological polar surface area (TPSA) is 57.1 Å². The second-order valence-electron chi connectivity index (χ2n) is 1.58. The average molecular weight is 159 g/mol. The maximum atomic E-state index is 12.4. The smallest absolute Gasteiger partial charge is 0.324 e. The Labute approximate surface area is 62.2 Å². The predicted octanol–water partition coefficient (Wildman–Crippen LogP) is 0.0279.